The van der Waals surface area contributed by atoms with Crippen molar-refractivity contribution in [1.29, 1.82) is 0 Å². The van der Waals surface area contributed by atoms with E-state index in [2.05, 4.69) is 10.6 Å². The van der Waals surface area contributed by atoms with Crippen molar-refractivity contribution >= 4 is 58.4 Å². The quantitative estimate of drug-likeness (QED) is 0.0264. The molecular weight excluding hydrogens is 1100 g/mol. The first-order valence-corrected chi connectivity index (χ1v) is 26.9. The predicted octanol–water partition coefficient (Wildman–Crippen LogP) is 5.59. The van der Waals surface area contributed by atoms with Crippen molar-refractivity contribution in [2.75, 3.05) is 13.2 Å². The monoisotopic (exact) mass is 1160 g/mol. The Hall–Kier alpha value is -8.67. The molecule has 0 radical (unpaired) electrons. The maximum absolute atomic E-state index is 16.3. The van der Waals surface area contributed by atoms with Crippen LogP contribution in [0.15, 0.2) is 123 Å². The summed E-state index contributed by atoms with van der Waals surface area (Å²) in [4.78, 5) is 126. The number of carbonyl (C=O) groups excluding carboxylic acids is 8. The van der Waals surface area contributed by atoms with Crippen molar-refractivity contribution < 1.29 is 95.3 Å². The molecular formula is C61H60F2N2O19. The number of ketones is 1. The van der Waals surface area contributed by atoms with Crippen LogP contribution in [0.25, 0.3) is 11.0 Å². The maximum atomic E-state index is 16.3. The van der Waals surface area contributed by atoms with Gasteiger partial charge in [-0.3, -0.25) is 28.8 Å². The molecule has 5 aromatic rings. The van der Waals surface area contributed by atoms with Crippen LogP contribution in [-0.4, -0.2) is 124 Å². The van der Waals surface area contributed by atoms with Crippen LogP contribution in [0.2, 0.25) is 0 Å². The first-order valence-electron chi connectivity index (χ1n) is 26.9. The molecule has 84 heavy (non-hydrogen) atoms. The number of benzene rings is 4. The summed E-state index contributed by atoms with van der Waals surface area (Å²) in [6.45, 7) is 7.08. The van der Waals surface area contributed by atoms with Gasteiger partial charge in [-0.25, -0.2) is 18.8 Å². The molecule has 442 valence electrons. The highest BCUT2D eigenvalue weighted by Gasteiger charge is 2.79. The fraction of sp³-hybridized carbons (Fsp3) is 0.393. The van der Waals surface area contributed by atoms with Gasteiger partial charge in [-0.2, -0.15) is 4.39 Å². The number of fused-ring (bicyclic) bond motifs is 6. The molecule has 1 saturated heterocycles. The normalized spacial score (nSPS) is 26.5. The highest BCUT2D eigenvalue weighted by Crippen LogP contribution is 2.65. The Labute approximate surface area is 478 Å². The van der Waals surface area contributed by atoms with E-state index in [4.69, 9.17) is 32.8 Å². The number of hydrogen-bond acceptors (Lipinski definition) is 19. The number of aliphatic hydroxyl groups is 2. The number of Topliss-reactive ketones (excluding diaryl/α,β-unsaturated/α-hetero) is 1. The van der Waals surface area contributed by atoms with Gasteiger partial charge >= 0.3 is 35.5 Å². The minimum absolute atomic E-state index is 0.0384. The minimum Gasteiger partial charge on any atom is -0.503 e. The van der Waals surface area contributed by atoms with Crippen molar-refractivity contribution in [3.8, 4) is 5.75 Å². The van der Waals surface area contributed by atoms with Crippen molar-refractivity contribution in [3.63, 3.8) is 0 Å². The van der Waals surface area contributed by atoms with Crippen LogP contribution in [0.4, 0.5) is 8.78 Å². The van der Waals surface area contributed by atoms with Gasteiger partial charge in [0.1, 0.15) is 35.6 Å². The van der Waals surface area contributed by atoms with E-state index in [1.54, 1.807) is 54.6 Å². The molecule has 2 heterocycles. The van der Waals surface area contributed by atoms with Gasteiger partial charge in [0, 0.05) is 56.0 Å². The van der Waals surface area contributed by atoms with Crippen LogP contribution >= 0.6 is 0 Å². The average molecular weight is 1160 g/mol. The Morgan fingerprint density at radius 1 is 0.810 bits per heavy atom. The van der Waals surface area contributed by atoms with Gasteiger partial charge in [-0.05, 0) is 73.4 Å². The topological polar surface area (TPSA) is 307 Å². The number of aliphatic hydroxyl groups excluding tert-OH is 1. The Bertz CT molecular complexity index is 3560. The first kappa shape index (κ1) is 59.9. The number of phenolic OH excluding ortho intramolecular Hbond substituents is 1. The number of ether oxygens (including phenoxy) is 6. The number of carbonyl (C=O) groups is 8. The molecule has 1 aromatic heterocycles. The van der Waals surface area contributed by atoms with Crippen LogP contribution in [-0.2, 0) is 52.4 Å². The van der Waals surface area contributed by atoms with Crippen molar-refractivity contribution in [3.05, 3.63) is 159 Å². The smallest absolute Gasteiger partial charge is 0.349 e. The fourth-order valence-electron chi connectivity index (χ4n) is 12.4. The number of nitrogens with one attached hydrogen (secondary N) is 2. The van der Waals surface area contributed by atoms with Gasteiger partial charge in [0.2, 0.25) is 5.82 Å². The lowest BCUT2D eigenvalue weighted by atomic mass is 9.44. The number of rotatable bonds is 16. The molecule has 9 rings (SSSR count). The molecule has 0 unspecified atom stereocenters. The predicted molar refractivity (Wildman–Crippen MR) is 287 cm³/mol. The number of phenols is 1. The number of halogens is 2. The second kappa shape index (κ2) is 23.2. The zero-order valence-electron chi connectivity index (χ0n) is 46.3. The van der Waals surface area contributed by atoms with Gasteiger partial charge in [-0.15, -0.1) is 0 Å². The molecule has 11 atom stereocenters. The van der Waals surface area contributed by atoms with Crippen LogP contribution in [0.5, 0.6) is 5.75 Å². The summed E-state index contributed by atoms with van der Waals surface area (Å²) in [5.74, 6) is -14.1. The SMILES string of the molecule is CC(=O)O[C@H]1C(=O)[C@]2(C)[C@@H](OC(=O)CCCNC(=O)c3cc4cc(F)c(O)c(F)c4oc3=O)C[C@H]3OC[C@@]3(OC(C)=O)[C@H]2[C@H](OC(=O)c2ccccc2)[C@]2(O)C[C@H](OC(=O)[C@H](O)[C@@H](NC(=O)c3ccccc3)c3ccccc3)C(C)=C1C2(C)C. The van der Waals surface area contributed by atoms with E-state index in [-0.39, 0.29) is 47.0 Å². The van der Waals surface area contributed by atoms with E-state index in [1.165, 1.54) is 64.1 Å². The Morgan fingerprint density at radius 2 is 1.44 bits per heavy atom. The molecule has 1 aliphatic heterocycles. The molecule has 4 aromatic carbocycles. The van der Waals surface area contributed by atoms with E-state index in [1.807, 2.05) is 0 Å². The summed E-state index contributed by atoms with van der Waals surface area (Å²) < 4.78 is 70.7. The zero-order chi connectivity index (χ0) is 60.8. The second-order valence-corrected chi connectivity index (χ2v) is 22.1. The lowest BCUT2D eigenvalue weighted by Gasteiger charge is -2.67. The highest BCUT2D eigenvalue weighted by molar-refractivity contribution is 5.98. The van der Waals surface area contributed by atoms with Crippen LogP contribution in [0, 0.1) is 28.4 Å². The summed E-state index contributed by atoms with van der Waals surface area (Å²) in [5.41, 5.74) is -11.1. The minimum atomic E-state index is -2.59. The van der Waals surface area contributed by atoms with Gasteiger partial charge in [-0.1, -0.05) is 80.6 Å². The maximum Gasteiger partial charge on any atom is 0.349 e. The number of amides is 2. The summed E-state index contributed by atoms with van der Waals surface area (Å²) in [7, 11) is 0. The standard InChI is InChI=1S/C61H60F2N2O19/c1-30-39(80-57(76)47(70)45(33-17-10-7-11-18-33)65-53(72)34-19-12-8-13-20-34)28-61(77)52(83-55(74)35-21-14-9-15-22-35)50-59(6,51(71)49(79-31(2)66)43(30)58(61,4)5)40(27-41-60(50,29-78-41)84-32(3)67)81-42(68)23-16-24-64-54(73)37-25-36-26-38(62)46(69)44(63)48(36)82-56(37)75/h7-15,17-22,25-26,39-41,45,47,49-50,52,69-70,77H,16,23-24,27-29H2,1-6H3,(H,64,73)(H,65,72)/t39-,40-,41+,45-,47+,49+,50-,52-,59+,60-,61+/m0/s1. The summed E-state index contributed by atoms with van der Waals surface area (Å²) in [6.07, 6.45) is -12.4. The fourth-order valence-corrected chi connectivity index (χ4v) is 12.4. The van der Waals surface area contributed by atoms with Gasteiger partial charge in [0.15, 0.2) is 40.7 Å². The van der Waals surface area contributed by atoms with Crippen LogP contribution in [0.1, 0.15) is 110 Å². The van der Waals surface area contributed by atoms with Crippen LogP contribution < -0.4 is 16.3 Å². The number of hydrogen-bond donors (Lipinski definition) is 5. The van der Waals surface area contributed by atoms with E-state index in [0.29, 0.717) is 11.6 Å². The molecule has 21 nitrogen and oxygen atoms in total. The van der Waals surface area contributed by atoms with E-state index < -0.39 is 172 Å². The van der Waals surface area contributed by atoms with Crippen molar-refractivity contribution in [2.24, 2.45) is 16.7 Å². The highest BCUT2D eigenvalue weighted by atomic mass is 19.1. The molecule has 3 fully saturated rings. The first-order chi connectivity index (χ1) is 39.7. The largest absolute Gasteiger partial charge is 0.503 e. The molecule has 2 saturated carbocycles. The molecule has 3 aliphatic carbocycles. The molecule has 23 heteroatoms. The third kappa shape index (κ3) is 10.7. The second-order valence-electron chi connectivity index (χ2n) is 22.1. The lowest BCUT2D eigenvalue weighted by Crippen LogP contribution is -2.82. The number of aromatic hydroxyl groups is 1. The zero-order valence-corrected chi connectivity index (χ0v) is 46.3. The van der Waals surface area contributed by atoms with Gasteiger partial charge in [0.25, 0.3) is 11.8 Å². The summed E-state index contributed by atoms with van der Waals surface area (Å²) in [5, 5.41) is 40.5. The van der Waals surface area contributed by atoms with Gasteiger partial charge < -0.3 is 58.8 Å². The van der Waals surface area contributed by atoms with E-state index >= 15 is 4.79 Å². The molecule has 5 N–H and O–H groups in total. The number of esters is 5. The Kier molecular flexibility index (Phi) is 16.5. The summed E-state index contributed by atoms with van der Waals surface area (Å²) in [6, 6.07) is 23.7. The van der Waals surface area contributed by atoms with Crippen molar-refractivity contribution in [1.82, 2.24) is 10.6 Å². The van der Waals surface area contributed by atoms with E-state index in [0.717, 1.165) is 19.9 Å². The third-order valence-corrected chi connectivity index (χ3v) is 16.7. The van der Waals surface area contributed by atoms with Crippen LogP contribution in [0.3, 0.4) is 0 Å². The summed E-state index contributed by atoms with van der Waals surface area (Å²) >= 11 is 0. The molecule has 2 amide bonds. The third-order valence-electron chi connectivity index (χ3n) is 16.7. The Morgan fingerprint density at radius 3 is 2.05 bits per heavy atom. The average Bonchev–Trinajstić information content (AvgIpc) is 1.06. The molecule has 0 spiro atoms. The lowest BCUT2D eigenvalue weighted by molar-refractivity contribution is -0.346. The van der Waals surface area contributed by atoms with Crippen molar-refractivity contribution in [2.45, 2.75) is 121 Å². The Balaban J connectivity index is 1.10. The van der Waals surface area contributed by atoms with Gasteiger partial charge in [0.05, 0.1) is 29.5 Å². The van der Waals surface area contributed by atoms with E-state index in [9.17, 15) is 62.5 Å². The molecule has 2 bridgehead atoms. The molecule has 4 aliphatic rings.